The Balaban J connectivity index is 1.93. The third-order valence-electron chi connectivity index (χ3n) is 6.56. The van der Waals surface area contributed by atoms with Gasteiger partial charge in [0.1, 0.15) is 0 Å². The summed E-state index contributed by atoms with van der Waals surface area (Å²) in [6, 6.07) is 6.35. The van der Waals surface area contributed by atoms with Gasteiger partial charge in [0, 0.05) is 15.9 Å². The average molecular weight is 404 g/mol. The number of carbonyl (C=O) groups excluding carboxylic acids is 1. The molecule has 5 heteroatoms. The molecule has 3 aliphatic rings. The van der Waals surface area contributed by atoms with Crippen LogP contribution in [0.25, 0.3) is 0 Å². The number of aliphatic imine (C=N–C) groups is 1. The molecular weight excluding hydrogens is 378 g/mol. The third-order valence-corrected chi connectivity index (χ3v) is 7.06. The van der Waals surface area contributed by atoms with Gasteiger partial charge in [0.2, 0.25) is 0 Å². The molecule has 1 unspecified atom stereocenters. The van der Waals surface area contributed by atoms with E-state index < -0.39 is 5.54 Å². The van der Waals surface area contributed by atoms with E-state index in [2.05, 4.69) is 41.1 Å². The van der Waals surface area contributed by atoms with Crippen molar-refractivity contribution in [1.29, 1.82) is 0 Å². The molecular formula is C20H26BrN3O. The monoisotopic (exact) mass is 403 g/mol. The van der Waals surface area contributed by atoms with E-state index in [1.54, 1.807) is 4.90 Å². The van der Waals surface area contributed by atoms with Gasteiger partial charge < -0.3 is 5.73 Å². The van der Waals surface area contributed by atoms with Gasteiger partial charge in [-0.05, 0) is 62.3 Å². The first-order chi connectivity index (χ1) is 11.8. The highest BCUT2D eigenvalue weighted by Gasteiger charge is 2.66. The molecule has 2 spiro atoms. The Kier molecular flexibility index (Phi) is 3.80. The van der Waals surface area contributed by atoms with Crippen LogP contribution in [-0.4, -0.2) is 22.8 Å². The van der Waals surface area contributed by atoms with Crippen LogP contribution in [0.3, 0.4) is 0 Å². The fourth-order valence-electron chi connectivity index (χ4n) is 5.24. The third kappa shape index (κ3) is 2.17. The van der Waals surface area contributed by atoms with E-state index in [-0.39, 0.29) is 17.4 Å². The van der Waals surface area contributed by atoms with Crippen molar-refractivity contribution in [3.05, 3.63) is 33.8 Å². The lowest BCUT2D eigenvalue weighted by molar-refractivity contribution is -0.138. The number of nitrogens with zero attached hydrogens (tertiary/aromatic N) is 2. The van der Waals surface area contributed by atoms with Gasteiger partial charge in [-0.3, -0.25) is 9.69 Å². The maximum absolute atomic E-state index is 13.7. The van der Waals surface area contributed by atoms with E-state index in [4.69, 9.17) is 10.7 Å². The topological polar surface area (TPSA) is 58.7 Å². The van der Waals surface area contributed by atoms with Gasteiger partial charge in [-0.15, -0.1) is 0 Å². The zero-order valence-electron chi connectivity index (χ0n) is 15.2. The van der Waals surface area contributed by atoms with Crippen molar-refractivity contribution in [2.24, 2.45) is 22.1 Å². The predicted octanol–water partition coefficient (Wildman–Crippen LogP) is 3.96. The zero-order valence-corrected chi connectivity index (χ0v) is 16.8. The summed E-state index contributed by atoms with van der Waals surface area (Å²) < 4.78 is 0.997. The Bertz CT molecular complexity index is 764. The quantitative estimate of drug-likeness (QED) is 0.770. The van der Waals surface area contributed by atoms with E-state index in [1.165, 1.54) is 5.56 Å². The molecule has 1 aromatic rings. The van der Waals surface area contributed by atoms with Crippen LogP contribution in [0.2, 0.25) is 0 Å². The number of halogens is 1. The number of nitrogens with two attached hydrogens (primary N) is 1. The largest absolute Gasteiger partial charge is 0.369 e. The number of hydrogen-bond acceptors (Lipinski definition) is 3. The molecule has 1 aliphatic heterocycles. The van der Waals surface area contributed by atoms with Crippen LogP contribution in [0.5, 0.6) is 0 Å². The molecule has 1 fully saturated rings. The summed E-state index contributed by atoms with van der Waals surface area (Å²) >= 11 is 3.59. The average Bonchev–Trinajstić information content (AvgIpc) is 2.97. The minimum atomic E-state index is -0.833. The van der Waals surface area contributed by atoms with Crippen LogP contribution >= 0.6 is 15.9 Å². The molecule has 1 saturated carbocycles. The lowest BCUT2D eigenvalue weighted by Gasteiger charge is -2.45. The van der Waals surface area contributed by atoms with Crippen molar-refractivity contribution in [1.82, 2.24) is 4.90 Å². The van der Waals surface area contributed by atoms with E-state index in [0.717, 1.165) is 48.1 Å². The van der Waals surface area contributed by atoms with Crippen molar-refractivity contribution in [3.63, 3.8) is 0 Å². The van der Waals surface area contributed by atoms with Gasteiger partial charge in [-0.2, -0.15) is 0 Å². The van der Waals surface area contributed by atoms with Crippen LogP contribution in [-0.2, 0) is 16.8 Å². The van der Waals surface area contributed by atoms with Crippen molar-refractivity contribution in [2.45, 2.75) is 64.5 Å². The molecule has 1 amide bonds. The number of hydrogen-bond donors (Lipinski definition) is 1. The van der Waals surface area contributed by atoms with E-state index in [0.29, 0.717) is 5.96 Å². The van der Waals surface area contributed by atoms with Crippen LogP contribution in [0, 0.1) is 11.3 Å². The smallest absolute Gasteiger partial charge is 0.262 e. The van der Waals surface area contributed by atoms with E-state index in [1.807, 2.05) is 13.8 Å². The van der Waals surface area contributed by atoms with Crippen LogP contribution in [0.15, 0.2) is 27.7 Å². The molecule has 1 heterocycles. The van der Waals surface area contributed by atoms with Crippen molar-refractivity contribution < 1.29 is 4.79 Å². The number of carbonyl (C=O) groups is 1. The van der Waals surface area contributed by atoms with Gasteiger partial charge >= 0.3 is 0 Å². The number of guanidine groups is 1. The summed E-state index contributed by atoms with van der Waals surface area (Å²) in [6.07, 6.45) is 5.31. The standard InChI is InChI=1S/C20H26BrN3O/c1-12(2)24-17(25)20(23-18(24)22)16-10-15(21)5-4-14(16)11-19(20)8-6-13(3)7-9-19/h4-5,10,12-13H,6-9,11H2,1-3H3,(H2,22,23). The first-order valence-electron chi connectivity index (χ1n) is 9.29. The Labute approximate surface area is 158 Å². The first-order valence-corrected chi connectivity index (χ1v) is 10.1. The second-order valence-electron chi connectivity index (χ2n) is 8.39. The summed E-state index contributed by atoms with van der Waals surface area (Å²) in [5.74, 6) is 1.18. The molecule has 134 valence electrons. The Morgan fingerprint density at radius 2 is 2.00 bits per heavy atom. The molecule has 2 aliphatic carbocycles. The maximum Gasteiger partial charge on any atom is 0.262 e. The summed E-state index contributed by atoms with van der Waals surface area (Å²) in [5, 5.41) is 0. The van der Waals surface area contributed by atoms with Crippen molar-refractivity contribution >= 4 is 27.8 Å². The maximum atomic E-state index is 13.7. The fourth-order valence-corrected chi connectivity index (χ4v) is 5.60. The lowest BCUT2D eigenvalue weighted by Crippen LogP contribution is -2.53. The normalized spacial score (nSPS) is 34.3. The summed E-state index contributed by atoms with van der Waals surface area (Å²) in [6.45, 7) is 6.32. The predicted molar refractivity (Wildman–Crippen MR) is 103 cm³/mol. The molecule has 0 aromatic heterocycles. The molecule has 1 atom stereocenters. The molecule has 2 N–H and O–H groups in total. The molecule has 0 bridgehead atoms. The number of benzene rings is 1. The number of amides is 1. The van der Waals surface area contributed by atoms with Crippen molar-refractivity contribution in [2.75, 3.05) is 0 Å². The molecule has 4 nitrogen and oxygen atoms in total. The minimum absolute atomic E-state index is 0.0198. The van der Waals surface area contributed by atoms with Crippen LogP contribution in [0.4, 0.5) is 0 Å². The first kappa shape index (κ1) is 17.1. The highest BCUT2D eigenvalue weighted by molar-refractivity contribution is 9.10. The fraction of sp³-hybridized carbons (Fsp3) is 0.600. The summed E-state index contributed by atoms with van der Waals surface area (Å²) in [7, 11) is 0. The van der Waals surface area contributed by atoms with E-state index in [9.17, 15) is 4.79 Å². The van der Waals surface area contributed by atoms with Crippen molar-refractivity contribution in [3.8, 4) is 0 Å². The SMILES string of the molecule is CC1CCC2(CC1)Cc1ccc(Br)cc1C21N=C(N)N(C(C)C)C1=O. The van der Waals surface area contributed by atoms with Gasteiger partial charge in [-0.1, -0.05) is 41.8 Å². The molecule has 1 aromatic carbocycles. The van der Waals surface area contributed by atoms with Gasteiger partial charge in [-0.25, -0.2) is 4.99 Å². The zero-order chi connectivity index (χ0) is 18.0. The van der Waals surface area contributed by atoms with Crippen LogP contribution < -0.4 is 5.73 Å². The number of fused-ring (bicyclic) bond motifs is 3. The Morgan fingerprint density at radius 3 is 2.60 bits per heavy atom. The highest BCUT2D eigenvalue weighted by atomic mass is 79.9. The molecule has 4 rings (SSSR count). The molecule has 0 radical (unpaired) electrons. The van der Waals surface area contributed by atoms with Crippen LogP contribution in [0.1, 0.15) is 57.6 Å². The van der Waals surface area contributed by atoms with Gasteiger partial charge in [0.15, 0.2) is 11.5 Å². The lowest BCUT2D eigenvalue weighted by atomic mass is 9.60. The summed E-state index contributed by atoms with van der Waals surface area (Å²) in [4.78, 5) is 20.4. The number of rotatable bonds is 1. The van der Waals surface area contributed by atoms with Gasteiger partial charge in [0.05, 0.1) is 0 Å². The Morgan fingerprint density at radius 1 is 1.32 bits per heavy atom. The molecule has 0 saturated heterocycles. The van der Waals surface area contributed by atoms with Gasteiger partial charge in [0.25, 0.3) is 5.91 Å². The second kappa shape index (κ2) is 5.57. The Hall–Kier alpha value is -1.36. The highest BCUT2D eigenvalue weighted by Crippen LogP contribution is 2.62. The summed E-state index contributed by atoms with van der Waals surface area (Å²) in [5.41, 5.74) is 7.64. The molecule has 25 heavy (non-hydrogen) atoms. The van der Waals surface area contributed by atoms with E-state index >= 15 is 0 Å². The second-order valence-corrected chi connectivity index (χ2v) is 9.31. The minimum Gasteiger partial charge on any atom is -0.369 e.